The lowest BCUT2D eigenvalue weighted by Crippen LogP contribution is -2.24. The van der Waals surface area contributed by atoms with Crippen LogP contribution in [0.2, 0.25) is 0 Å². The van der Waals surface area contributed by atoms with E-state index < -0.39 is 5.92 Å². The highest BCUT2D eigenvalue weighted by Crippen LogP contribution is 2.13. The molecule has 0 aromatic rings. The zero-order valence-corrected chi connectivity index (χ0v) is 12.0. The van der Waals surface area contributed by atoms with Gasteiger partial charge in [-0.25, -0.2) is 0 Å². The van der Waals surface area contributed by atoms with E-state index in [0.717, 1.165) is 32.1 Å². The van der Waals surface area contributed by atoms with Crippen molar-refractivity contribution in [3.05, 3.63) is 12.7 Å². The Kier molecular flexibility index (Phi) is 10.6. The lowest BCUT2D eigenvalue weighted by atomic mass is 9.97. The summed E-state index contributed by atoms with van der Waals surface area (Å²) in [4.78, 5) is 22.9. The molecule has 1 unspecified atom stereocenters. The number of allylic oxidation sites excluding steroid dienone is 1. The van der Waals surface area contributed by atoms with Crippen molar-refractivity contribution in [2.24, 2.45) is 5.92 Å². The van der Waals surface area contributed by atoms with Crippen molar-refractivity contribution >= 4 is 11.8 Å². The zero-order valence-electron chi connectivity index (χ0n) is 12.0. The summed E-state index contributed by atoms with van der Waals surface area (Å²) in [5.74, 6) is 4.97. The van der Waals surface area contributed by atoms with Gasteiger partial charge in [-0.2, -0.15) is 0 Å². The van der Waals surface area contributed by atoms with E-state index in [1.165, 1.54) is 6.92 Å². The maximum atomic E-state index is 11.5. The second kappa shape index (κ2) is 11.5. The summed E-state index contributed by atoms with van der Waals surface area (Å²) < 4.78 is 4.90. The van der Waals surface area contributed by atoms with Crippen LogP contribution in [0.5, 0.6) is 0 Å². The lowest BCUT2D eigenvalue weighted by Gasteiger charge is -2.11. The van der Waals surface area contributed by atoms with Crippen molar-refractivity contribution in [2.75, 3.05) is 6.61 Å². The van der Waals surface area contributed by atoms with E-state index in [1.807, 2.05) is 0 Å². The van der Waals surface area contributed by atoms with Crippen molar-refractivity contribution < 1.29 is 14.3 Å². The van der Waals surface area contributed by atoms with Crippen LogP contribution in [-0.2, 0) is 14.3 Å². The number of Topliss-reactive ketones (excluding diaryl/α,β-unsaturated/α-hetero) is 1. The molecule has 0 fully saturated rings. The van der Waals surface area contributed by atoms with Gasteiger partial charge in [-0.05, 0) is 26.7 Å². The molecule has 0 heterocycles. The van der Waals surface area contributed by atoms with Crippen LogP contribution >= 0.6 is 0 Å². The predicted octanol–water partition coefficient (Wildman–Crippen LogP) is 3.28. The molecule has 0 amide bonds. The SMILES string of the molecule is C=CCC#CCCCCCC(C(C)=O)C(=O)OCC. The van der Waals surface area contributed by atoms with Crippen LogP contribution < -0.4 is 0 Å². The van der Waals surface area contributed by atoms with E-state index in [4.69, 9.17) is 4.74 Å². The highest BCUT2D eigenvalue weighted by Gasteiger charge is 2.23. The molecule has 19 heavy (non-hydrogen) atoms. The van der Waals surface area contributed by atoms with E-state index in [0.29, 0.717) is 13.0 Å². The first-order chi connectivity index (χ1) is 9.13. The average Bonchev–Trinajstić information content (AvgIpc) is 2.36. The standard InChI is InChI=1S/C16H24O3/c1-4-6-7-8-9-10-11-12-13-15(14(3)17)16(18)19-5-2/h4,15H,1,5-6,9-13H2,2-3H3. The summed E-state index contributed by atoms with van der Waals surface area (Å²) in [6.45, 7) is 7.11. The molecule has 0 aliphatic heterocycles. The molecule has 3 heteroatoms. The molecular weight excluding hydrogens is 240 g/mol. The maximum Gasteiger partial charge on any atom is 0.316 e. The van der Waals surface area contributed by atoms with Gasteiger partial charge in [-0.15, -0.1) is 12.5 Å². The number of ether oxygens (including phenoxy) is 1. The van der Waals surface area contributed by atoms with Crippen molar-refractivity contribution in [3.8, 4) is 11.8 Å². The van der Waals surface area contributed by atoms with Gasteiger partial charge in [-0.1, -0.05) is 24.8 Å². The van der Waals surface area contributed by atoms with Crippen LogP contribution in [0.15, 0.2) is 12.7 Å². The second-order valence-electron chi connectivity index (χ2n) is 4.36. The minimum absolute atomic E-state index is 0.107. The summed E-state index contributed by atoms with van der Waals surface area (Å²) in [5.41, 5.74) is 0. The van der Waals surface area contributed by atoms with Crippen LogP contribution in [0, 0.1) is 17.8 Å². The van der Waals surface area contributed by atoms with Gasteiger partial charge in [0.25, 0.3) is 0 Å². The highest BCUT2D eigenvalue weighted by atomic mass is 16.5. The molecule has 0 N–H and O–H groups in total. The van der Waals surface area contributed by atoms with E-state index in [-0.39, 0.29) is 11.8 Å². The Morgan fingerprint density at radius 1 is 1.26 bits per heavy atom. The van der Waals surface area contributed by atoms with Crippen molar-refractivity contribution in [1.29, 1.82) is 0 Å². The number of carbonyl (C=O) groups is 2. The van der Waals surface area contributed by atoms with Gasteiger partial charge in [0, 0.05) is 12.8 Å². The lowest BCUT2D eigenvalue weighted by molar-refractivity contribution is -0.151. The number of carbonyl (C=O) groups excluding carboxylic acids is 2. The molecule has 3 nitrogen and oxygen atoms in total. The third-order valence-electron chi connectivity index (χ3n) is 2.73. The van der Waals surface area contributed by atoms with Crippen molar-refractivity contribution in [3.63, 3.8) is 0 Å². The fourth-order valence-corrected chi connectivity index (χ4v) is 1.70. The predicted molar refractivity (Wildman–Crippen MR) is 76.5 cm³/mol. The topological polar surface area (TPSA) is 43.4 Å². The summed E-state index contributed by atoms with van der Waals surface area (Å²) in [7, 11) is 0. The molecule has 0 aromatic carbocycles. The Hall–Kier alpha value is -1.56. The summed E-state index contributed by atoms with van der Waals surface area (Å²) in [6, 6.07) is 0. The van der Waals surface area contributed by atoms with E-state index in [2.05, 4.69) is 18.4 Å². The van der Waals surface area contributed by atoms with Crippen molar-refractivity contribution in [1.82, 2.24) is 0 Å². The van der Waals surface area contributed by atoms with Gasteiger partial charge in [0.2, 0.25) is 0 Å². The minimum Gasteiger partial charge on any atom is -0.465 e. The summed E-state index contributed by atoms with van der Waals surface area (Å²) >= 11 is 0. The van der Waals surface area contributed by atoms with Crippen LogP contribution in [0.4, 0.5) is 0 Å². The Balaban J connectivity index is 3.83. The molecule has 0 radical (unpaired) electrons. The molecule has 0 aliphatic rings. The van der Waals surface area contributed by atoms with E-state index in [9.17, 15) is 9.59 Å². The molecule has 1 atom stereocenters. The Bertz CT molecular complexity index is 347. The average molecular weight is 264 g/mol. The Morgan fingerprint density at radius 3 is 2.58 bits per heavy atom. The maximum absolute atomic E-state index is 11.5. The molecule has 106 valence electrons. The second-order valence-corrected chi connectivity index (χ2v) is 4.36. The molecule has 0 aliphatic carbocycles. The first-order valence-corrected chi connectivity index (χ1v) is 6.87. The number of unbranched alkanes of at least 4 members (excludes halogenated alkanes) is 3. The molecule has 0 saturated heterocycles. The monoisotopic (exact) mass is 264 g/mol. The molecule has 0 spiro atoms. The number of hydrogen-bond acceptors (Lipinski definition) is 3. The first kappa shape index (κ1) is 17.4. The van der Waals surface area contributed by atoms with E-state index in [1.54, 1.807) is 13.0 Å². The van der Waals surface area contributed by atoms with Gasteiger partial charge < -0.3 is 4.74 Å². The van der Waals surface area contributed by atoms with E-state index >= 15 is 0 Å². The number of esters is 1. The van der Waals surface area contributed by atoms with Gasteiger partial charge in [0.15, 0.2) is 0 Å². The molecular formula is C16H24O3. The number of ketones is 1. The van der Waals surface area contributed by atoms with Gasteiger partial charge in [-0.3, -0.25) is 9.59 Å². The molecule has 0 aromatic heterocycles. The normalized spacial score (nSPS) is 11.1. The fraction of sp³-hybridized carbons (Fsp3) is 0.625. The first-order valence-electron chi connectivity index (χ1n) is 6.87. The summed E-state index contributed by atoms with van der Waals surface area (Å²) in [6.07, 6.45) is 6.78. The van der Waals surface area contributed by atoms with Crippen LogP contribution in [0.25, 0.3) is 0 Å². The molecule has 0 bridgehead atoms. The quantitative estimate of drug-likeness (QED) is 0.211. The van der Waals surface area contributed by atoms with Crippen LogP contribution in [0.1, 0.15) is 52.4 Å². The highest BCUT2D eigenvalue weighted by molar-refractivity contribution is 5.97. The van der Waals surface area contributed by atoms with Crippen molar-refractivity contribution in [2.45, 2.75) is 52.4 Å². The van der Waals surface area contributed by atoms with Gasteiger partial charge in [0.1, 0.15) is 11.7 Å². The minimum atomic E-state index is -0.591. The fourth-order valence-electron chi connectivity index (χ4n) is 1.70. The zero-order chi connectivity index (χ0) is 14.5. The number of hydrogen-bond donors (Lipinski definition) is 0. The summed E-state index contributed by atoms with van der Waals surface area (Å²) in [5, 5.41) is 0. The largest absolute Gasteiger partial charge is 0.465 e. The van der Waals surface area contributed by atoms with Crippen LogP contribution in [-0.4, -0.2) is 18.4 Å². The smallest absolute Gasteiger partial charge is 0.316 e. The van der Waals surface area contributed by atoms with Crippen LogP contribution in [0.3, 0.4) is 0 Å². The Labute approximate surface area is 116 Å². The third kappa shape index (κ3) is 9.07. The third-order valence-corrected chi connectivity index (χ3v) is 2.73. The number of rotatable bonds is 9. The molecule has 0 rings (SSSR count). The van der Waals surface area contributed by atoms with Gasteiger partial charge >= 0.3 is 5.97 Å². The Morgan fingerprint density at radius 2 is 2.00 bits per heavy atom. The van der Waals surface area contributed by atoms with Gasteiger partial charge in [0.05, 0.1) is 6.61 Å². The molecule has 0 saturated carbocycles.